The summed E-state index contributed by atoms with van der Waals surface area (Å²) >= 11 is 0. The maximum atomic E-state index is 5.21. The standard InChI is InChI=1S/C55H42N4Si/c1-55(2)48-30-18-34-57-54(48)59(53-38-52-47(37-49(53)55)46-29-12-13-32-51(46)58(52)40-20-6-3-7-21-40)41-22-17-28-45(36-41)60(42-23-8-4-9-24-42,43-25-10-5-11-26-43)44-27-16-19-39(35-44)50-31-14-15-33-56-50/h3-38H,1-2H3. The van der Waals surface area contributed by atoms with Crippen LogP contribution in [0.25, 0.3) is 38.8 Å². The largest absolute Gasteiger partial charge is 0.309 e. The zero-order valence-corrected chi connectivity index (χ0v) is 34.6. The van der Waals surface area contributed by atoms with Crippen LogP contribution in [0.4, 0.5) is 17.2 Å². The lowest BCUT2D eigenvalue weighted by atomic mass is 9.74. The first-order chi connectivity index (χ1) is 29.5. The molecule has 0 fully saturated rings. The van der Waals surface area contributed by atoms with Crippen LogP contribution in [0.3, 0.4) is 0 Å². The van der Waals surface area contributed by atoms with E-state index >= 15 is 0 Å². The van der Waals surface area contributed by atoms with Gasteiger partial charge in [-0.15, -0.1) is 0 Å². The number of fused-ring (bicyclic) bond motifs is 5. The topological polar surface area (TPSA) is 34.0 Å². The van der Waals surface area contributed by atoms with E-state index < -0.39 is 8.07 Å². The summed E-state index contributed by atoms with van der Waals surface area (Å²) in [7, 11) is -2.97. The van der Waals surface area contributed by atoms with E-state index in [4.69, 9.17) is 9.97 Å². The molecule has 1 aliphatic heterocycles. The average Bonchev–Trinajstić information content (AvgIpc) is 3.64. The molecule has 0 bridgehead atoms. The van der Waals surface area contributed by atoms with Gasteiger partial charge in [0.2, 0.25) is 0 Å². The van der Waals surface area contributed by atoms with Crippen LogP contribution in [0.5, 0.6) is 0 Å². The van der Waals surface area contributed by atoms with Crippen LogP contribution in [-0.4, -0.2) is 22.6 Å². The maximum absolute atomic E-state index is 5.21. The highest BCUT2D eigenvalue weighted by atomic mass is 28.3. The van der Waals surface area contributed by atoms with Crippen LogP contribution in [0, 0.1) is 0 Å². The zero-order chi connectivity index (χ0) is 40.3. The minimum Gasteiger partial charge on any atom is -0.309 e. The molecular formula is C55H42N4Si. The number of hydrogen-bond acceptors (Lipinski definition) is 3. The summed E-state index contributed by atoms with van der Waals surface area (Å²) in [5, 5.41) is 7.72. The Hall–Kier alpha value is -7.34. The summed E-state index contributed by atoms with van der Waals surface area (Å²) in [6.07, 6.45) is 3.81. The lowest BCUT2D eigenvalue weighted by Gasteiger charge is -2.41. The fourth-order valence-electron chi connectivity index (χ4n) is 9.83. The molecule has 10 aromatic rings. The number of para-hydroxylation sites is 2. The molecule has 0 saturated carbocycles. The van der Waals surface area contributed by atoms with Crippen LogP contribution in [0.15, 0.2) is 219 Å². The molecule has 0 atom stereocenters. The number of nitrogens with zero attached hydrogens (tertiary/aromatic N) is 4. The average molecular weight is 787 g/mol. The van der Waals surface area contributed by atoms with Gasteiger partial charge in [-0.1, -0.05) is 159 Å². The second-order valence-electron chi connectivity index (χ2n) is 16.2. The van der Waals surface area contributed by atoms with Crippen molar-refractivity contribution in [1.29, 1.82) is 0 Å². The predicted molar refractivity (Wildman–Crippen MR) is 252 cm³/mol. The first-order valence-electron chi connectivity index (χ1n) is 20.7. The van der Waals surface area contributed by atoms with Gasteiger partial charge in [-0.25, -0.2) is 4.98 Å². The van der Waals surface area contributed by atoms with Gasteiger partial charge < -0.3 is 4.57 Å². The van der Waals surface area contributed by atoms with Gasteiger partial charge >= 0.3 is 0 Å². The third-order valence-corrected chi connectivity index (χ3v) is 17.4. The van der Waals surface area contributed by atoms with Crippen molar-refractivity contribution < 1.29 is 0 Å². The number of hydrogen-bond donors (Lipinski definition) is 0. The smallest absolute Gasteiger partial charge is 0.179 e. The molecule has 0 saturated heterocycles. The first-order valence-corrected chi connectivity index (χ1v) is 22.7. The highest BCUT2D eigenvalue weighted by molar-refractivity contribution is 7.20. The summed E-state index contributed by atoms with van der Waals surface area (Å²) in [6.45, 7) is 4.69. The van der Waals surface area contributed by atoms with E-state index in [0.29, 0.717) is 0 Å². The van der Waals surface area contributed by atoms with Crippen LogP contribution in [-0.2, 0) is 5.41 Å². The Morgan fingerprint density at radius 2 is 1.05 bits per heavy atom. The third kappa shape index (κ3) is 5.50. The number of pyridine rings is 2. The van der Waals surface area contributed by atoms with E-state index in [1.165, 1.54) is 53.7 Å². The van der Waals surface area contributed by atoms with Crippen LogP contribution < -0.4 is 25.6 Å². The molecule has 0 unspecified atom stereocenters. The van der Waals surface area contributed by atoms with E-state index in [-0.39, 0.29) is 5.41 Å². The van der Waals surface area contributed by atoms with E-state index in [1.807, 2.05) is 18.5 Å². The van der Waals surface area contributed by atoms with Crippen molar-refractivity contribution in [1.82, 2.24) is 14.5 Å². The summed E-state index contributed by atoms with van der Waals surface area (Å²) in [4.78, 5) is 12.4. The fraction of sp³-hybridized carbons (Fsp3) is 0.0545. The minimum atomic E-state index is -2.97. The molecule has 0 N–H and O–H groups in total. The summed E-state index contributed by atoms with van der Waals surface area (Å²) in [5.74, 6) is 0.956. The molecule has 5 heteroatoms. The molecule has 4 heterocycles. The van der Waals surface area contributed by atoms with Crippen molar-refractivity contribution in [3.63, 3.8) is 0 Å². The van der Waals surface area contributed by atoms with Gasteiger partial charge in [0, 0.05) is 51.1 Å². The van der Waals surface area contributed by atoms with Gasteiger partial charge in [0.25, 0.3) is 0 Å². The van der Waals surface area contributed by atoms with Gasteiger partial charge in [-0.3, -0.25) is 9.88 Å². The van der Waals surface area contributed by atoms with Crippen molar-refractivity contribution in [3.05, 3.63) is 230 Å². The molecule has 7 aromatic carbocycles. The Morgan fingerprint density at radius 3 is 1.78 bits per heavy atom. The minimum absolute atomic E-state index is 0.310. The second kappa shape index (κ2) is 14.2. The highest BCUT2D eigenvalue weighted by Crippen LogP contribution is 2.52. The van der Waals surface area contributed by atoms with E-state index in [1.54, 1.807) is 0 Å². The molecule has 3 aromatic heterocycles. The molecule has 0 spiro atoms. The third-order valence-electron chi connectivity index (χ3n) is 12.6. The Balaban J connectivity index is 1.20. The molecule has 4 nitrogen and oxygen atoms in total. The lowest BCUT2D eigenvalue weighted by molar-refractivity contribution is 0.628. The normalized spacial score (nSPS) is 13.3. The molecule has 0 aliphatic carbocycles. The molecule has 286 valence electrons. The van der Waals surface area contributed by atoms with Crippen molar-refractivity contribution >= 4 is 67.8 Å². The Kier molecular flexibility index (Phi) is 8.46. The Morgan fingerprint density at radius 1 is 0.433 bits per heavy atom. The lowest BCUT2D eigenvalue weighted by Crippen LogP contribution is -2.74. The molecule has 0 amide bonds. The molecule has 0 radical (unpaired) electrons. The highest BCUT2D eigenvalue weighted by Gasteiger charge is 2.43. The van der Waals surface area contributed by atoms with E-state index in [0.717, 1.165) is 34.1 Å². The van der Waals surface area contributed by atoms with Gasteiger partial charge in [0.1, 0.15) is 5.82 Å². The van der Waals surface area contributed by atoms with Crippen molar-refractivity contribution in [2.45, 2.75) is 19.3 Å². The van der Waals surface area contributed by atoms with Gasteiger partial charge in [0.15, 0.2) is 8.07 Å². The maximum Gasteiger partial charge on any atom is 0.179 e. The summed E-state index contributed by atoms with van der Waals surface area (Å²) in [6, 6.07) is 75.6. The number of rotatable bonds is 7. The van der Waals surface area contributed by atoms with Crippen LogP contribution in [0.2, 0.25) is 0 Å². The van der Waals surface area contributed by atoms with Crippen molar-refractivity contribution in [2.24, 2.45) is 0 Å². The monoisotopic (exact) mass is 786 g/mol. The molecule has 60 heavy (non-hydrogen) atoms. The van der Waals surface area contributed by atoms with Crippen molar-refractivity contribution in [3.8, 4) is 16.9 Å². The number of benzene rings is 7. The summed E-state index contributed by atoms with van der Waals surface area (Å²) < 4.78 is 2.41. The number of anilines is 3. The van der Waals surface area contributed by atoms with Crippen molar-refractivity contribution in [2.75, 3.05) is 4.90 Å². The SMILES string of the molecule is CC1(C)c2cc3c4ccccc4n(-c4ccccc4)c3cc2N(c2cccc([Si](c3ccccc3)(c3ccccc3)c3cccc(-c4ccccn4)c3)c2)c2ncccc21. The van der Waals surface area contributed by atoms with Crippen LogP contribution >= 0.6 is 0 Å². The summed E-state index contributed by atoms with van der Waals surface area (Å²) in [5.41, 5.74) is 9.95. The Labute approximate surface area is 351 Å². The van der Waals surface area contributed by atoms with Gasteiger partial charge in [0.05, 0.1) is 22.4 Å². The fourth-order valence-corrected chi connectivity index (χ4v) is 14.6. The Bertz CT molecular complexity index is 3140. The zero-order valence-electron chi connectivity index (χ0n) is 33.6. The molecule has 1 aliphatic rings. The predicted octanol–water partition coefficient (Wildman–Crippen LogP) is 10.7. The number of aromatic nitrogens is 3. The second-order valence-corrected chi connectivity index (χ2v) is 20.0. The van der Waals surface area contributed by atoms with Gasteiger partial charge in [-0.05, 0) is 87.0 Å². The molecular weight excluding hydrogens is 745 g/mol. The van der Waals surface area contributed by atoms with E-state index in [9.17, 15) is 0 Å². The molecule has 11 rings (SSSR count). The quantitative estimate of drug-likeness (QED) is 0.119. The first kappa shape index (κ1) is 35.8. The van der Waals surface area contributed by atoms with Gasteiger partial charge in [-0.2, -0.15) is 0 Å². The van der Waals surface area contributed by atoms with Crippen LogP contribution in [0.1, 0.15) is 25.0 Å². The van der Waals surface area contributed by atoms with E-state index in [2.05, 4.69) is 224 Å².